The Morgan fingerprint density at radius 1 is 0.947 bits per heavy atom. The van der Waals surface area contributed by atoms with Crippen LogP contribution in [0.5, 0.6) is 0 Å². The van der Waals surface area contributed by atoms with Gasteiger partial charge in [-0.15, -0.1) is 0 Å². The van der Waals surface area contributed by atoms with Gasteiger partial charge in [0.15, 0.2) is 0 Å². The first-order valence-electron chi connectivity index (χ1n) is 12.5. The minimum absolute atomic E-state index is 0.0670. The average molecular weight is 556 g/mol. The van der Waals surface area contributed by atoms with Crippen LogP contribution in [0.25, 0.3) is 0 Å². The first-order chi connectivity index (χ1) is 18.0. The third kappa shape index (κ3) is 7.36. The molecule has 3 rings (SSSR count). The van der Waals surface area contributed by atoms with E-state index in [0.29, 0.717) is 10.7 Å². The molecule has 0 fully saturated rings. The van der Waals surface area contributed by atoms with Gasteiger partial charge < -0.3 is 10.2 Å². The van der Waals surface area contributed by atoms with Crippen molar-refractivity contribution in [3.63, 3.8) is 0 Å². The predicted octanol–water partition coefficient (Wildman–Crippen LogP) is 5.18. The second-order valence-corrected chi connectivity index (χ2v) is 11.6. The van der Waals surface area contributed by atoms with E-state index in [9.17, 15) is 18.0 Å². The molecule has 3 aromatic carbocycles. The van der Waals surface area contributed by atoms with Crippen molar-refractivity contribution in [1.82, 2.24) is 10.2 Å². The van der Waals surface area contributed by atoms with Crippen LogP contribution in [-0.2, 0) is 26.2 Å². The molecule has 0 heterocycles. The Kier molecular flexibility index (Phi) is 9.94. The van der Waals surface area contributed by atoms with Gasteiger partial charge in [0.25, 0.3) is 10.0 Å². The summed E-state index contributed by atoms with van der Waals surface area (Å²) in [5, 5.41) is 3.42. The molecular weight excluding hydrogens is 522 g/mol. The molecule has 0 aromatic heterocycles. The van der Waals surface area contributed by atoms with Gasteiger partial charge in [-0.2, -0.15) is 0 Å². The summed E-state index contributed by atoms with van der Waals surface area (Å²) in [5.74, 6) is -0.834. The zero-order valence-electron chi connectivity index (χ0n) is 22.1. The van der Waals surface area contributed by atoms with E-state index in [-0.39, 0.29) is 23.4 Å². The molecule has 2 amide bonds. The van der Waals surface area contributed by atoms with E-state index in [1.165, 1.54) is 17.0 Å². The van der Waals surface area contributed by atoms with Gasteiger partial charge in [0, 0.05) is 17.6 Å². The fraction of sp³-hybridized carbons (Fsp3) is 0.310. The Balaban J connectivity index is 2.01. The highest BCUT2D eigenvalue weighted by molar-refractivity contribution is 7.92. The van der Waals surface area contributed by atoms with Gasteiger partial charge in [-0.05, 0) is 69.2 Å². The predicted molar refractivity (Wildman–Crippen MR) is 152 cm³/mol. The van der Waals surface area contributed by atoms with Gasteiger partial charge in [-0.1, -0.05) is 66.6 Å². The number of hydrogen-bond acceptors (Lipinski definition) is 4. The molecular formula is C29H34ClN3O4S. The van der Waals surface area contributed by atoms with E-state index in [2.05, 4.69) is 5.32 Å². The van der Waals surface area contributed by atoms with E-state index in [1.807, 2.05) is 26.8 Å². The Labute approximate surface area is 230 Å². The molecule has 0 aliphatic heterocycles. The van der Waals surface area contributed by atoms with Gasteiger partial charge in [0.1, 0.15) is 12.6 Å². The molecule has 1 N–H and O–H groups in total. The molecule has 0 saturated heterocycles. The maximum Gasteiger partial charge on any atom is 0.264 e. The van der Waals surface area contributed by atoms with Crippen LogP contribution < -0.4 is 9.62 Å². The molecule has 0 aliphatic carbocycles. The van der Waals surface area contributed by atoms with E-state index in [0.717, 1.165) is 21.9 Å². The van der Waals surface area contributed by atoms with E-state index < -0.39 is 28.5 Å². The average Bonchev–Trinajstić information content (AvgIpc) is 2.90. The van der Waals surface area contributed by atoms with E-state index in [4.69, 9.17) is 11.6 Å². The fourth-order valence-electron chi connectivity index (χ4n) is 3.84. The molecule has 0 radical (unpaired) electrons. The van der Waals surface area contributed by atoms with Gasteiger partial charge in [-0.3, -0.25) is 13.9 Å². The number of halogens is 1. The van der Waals surface area contributed by atoms with Crippen LogP contribution in [0.1, 0.15) is 38.3 Å². The number of carbonyl (C=O) groups is 2. The number of amides is 2. The van der Waals surface area contributed by atoms with Crippen LogP contribution in [0.4, 0.5) is 5.69 Å². The zero-order chi connectivity index (χ0) is 27.9. The number of hydrogen-bond donors (Lipinski definition) is 1. The maximum atomic E-state index is 13.9. The van der Waals surface area contributed by atoms with Crippen LogP contribution in [0.3, 0.4) is 0 Å². The summed E-state index contributed by atoms with van der Waals surface area (Å²) in [5.41, 5.74) is 2.03. The Hall–Kier alpha value is -3.36. The zero-order valence-corrected chi connectivity index (χ0v) is 23.7. The van der Waals surface area contributed by atoms with E-state index in [1.54, 1.807) is 67.6 Å². The molecule has 0 spiro atoms. The first-order valence-corrected chi connectivity index (χ1v) is 14.3. The number of aryl methyl sites for hydroxylation is 1. The molecule has 9 heteroatoms. The second-order valence-electron chi connectivity index (χ2n) is 9.31. The topological polar surface area (TPSA) is 86.8 Å². The number of benzene rings is 3. The van der Waals surface area contributed by atoms with Crippen molar-refractivity contribution in [1.29, 1.82) is 0 Å². The highest BCUT2D eigenvalue weighted by Crippen LogP contribution is 2.25. The van der Waals surface area contributed by atoms with Gasteiger partial charge in [-0.25, -0.2) is 8.42 Å². The number of nitrogens with zero attached hydrogens (tertiary/aromatic N) is 2. The normalized spacial score (nSPS) is 12.9. The number of anilines is 1. The van der Waals surface area contributed by atoms with Crippen molar-refractivity contribution in [2.24, 2.45) is 0 Å². The van der Waals surface area contributed by atoms with Gasteiger partial charge in [0.05, 0.1) is 10.6 Å². The minimum Gasteiger partial charge on any atom is -0.352 e. The molecule has 0 saturated carbocycles. The summed E-state index contributed by atoms with van der Waals surface area (Å²) in [7, 11) is -4.08. The first kappa shape index (κ1) is 29.2. The lowest BCUT2D eigenvalue weighted by atomic mass is 10.1. The molecule has 2 unspecified atom stereocenters. The van der Waals surface area contributed by atoms with Crippen molar-refractivity contribution in [3.05, 3.63) is 95.0 Å². The quantitative estimate of drug-likeness (QED) is 0.353. The Morgan fingerprint density at radius 3 is 2.21 bits per heavy atom. The molecule has 3 aromatic rings. The fourth-order valence-corrected chi connectivity index (χ4v) is 5.49. The SMILES string of the molecule is CCC(C)NC(=O)C(C)N(Cc1cccc(Cl)c1)C(=O)CN(c1ccc(C)cc1)S(=O)(=O)c1ccccc1. The van der Waals surface area contributed by atoms with Crippen LogP contribution >= 0.6 is 11.6 Å². The minimum atomic E-state index is -4.08. The van der Waals surface area contributed by atoms with Crippen molar-refractivity contribution in [2.45, 2.75) is 57.6 Å². The summed E-state index contributed by atoms with van der Waals surface area (Å²) < 4.78 is 28.5. The maximum absolute atomic E-state index is 13.9. The van der Waals surface area contributed by atoms with Crippen molar-refractivity contribution >= 4 is 39.1 Å². The number of rotatable bonds is 11. The second kappa shape index (κ2) is 12.9. The number of carbonyl (C=O) groups excluding carboxylic acids is 2. The summed E-state index contributed by atoms with van der Waals surface area (Å²) in [4.78, 5) is 28.4. The Bertz CT molecular complexity index is 1350. The highest BCUT2D eigenvalue weighted by Gasteiger charge is 2.32. The molecule has 38 heavy (non-hydrogen) atoms. The molecule has 2 atom stereocenters. The number of sulfonamides is 1. The van der Waals surface area contributed by atoms with Crippen molar-refractivity contribution in [3.8, 4) is 0 Å². The van der Waals surface area contributed by atoms with Crippen molar-refractivity contribution in [2.75, 3.05) is 10.8 Å². The third-order valence-electron chi connectivity index (χ3n) is 6.34. The Morgan fingerprint density at radius 2 is 1.61 bits per heavy atom. The van der Waals surface area contributed by atoms with Gasteiger partial charge in [0.2, 0.25) is 11.8 Å². The lowest BCUT2D eigenvalue weighted by Gasteiger charge is -2.32. The van der Waals surface area contributed by atoms with Gasteiger partial charge >= 0.3 is 0 Å². The summed E-state index contributed by atoms with van der Waals surface area (Å²) >= 11 is 6.17. The lowest BCUT2D eigenvalue weighted by molar-refractivity contribution is -0.139. The molecule has 0 bridgehead atoms. The highest BCUT2D eigenvalue weighted by atomic mass is 35.5. The molecule has 7 nitrogen and oxygen atoms in total. The standard InChI is InChI=1S/C29H34ClN3O4S/c1-5-22(3)31-29(35)23(4)32(19-24-10-9-11-25(30)18-24)28(34)20-33(26-16-14-21(2)15-17-26)38(36,37)27-12-7-6-8-13-27/h6-18,22-23H,5,19-20H2,1-4H3,(H,31,35). The van der Waals surface area contributed by atoms with Crippen molar-refractivity contribution < 1.29 is 18.0 Å². The summed E-state index contributed by atoms with van der Waals surface area (Å²) in [6, 6.07) is 21.0. The van der Waals surface area contributed by atoms with Crippen LogP contribution in [0, 0.1) is 6.92 Å². The van der Waals surface area contributed by atoms with Crippen LogP contribution in [0.2, 0.25) is 5.02 Å². The number of nitrogens with one attached hydrogen (secondary N) is 1. The summed E-state index contributed by atoms with van der Waals surface area (Å²) in [6.45, 7) is 6.98. The summed E-state index contributed by atoms with van der Waals surface area (Å²) in [6.07, 6.45) is 0.733. The smallest absolute Gasteiger partial charge is 0.264 e. The lowest BCUT2D eigenvalue weighted by Crippen LogP contribution is -2.52. The molecule has 202 valence electrons. The largest absolute Gasteiger partial charge is 0.352 e. The van der Waals surface area contributed by atoms with Crippen LogP contribution in [-0.4, -0.2) is 43.8 Å². The third-order valence-corrected chi connectivity index (χ3v) is 8.37. The monoisotopic (exact) mass is 555 g/mol. The molecule has 0 aliphatic rings. The van der Waals surface area contributed by atoms with Crippen LogP contribution in [0.15, 0.2) is 83.8 Å². The van der Waals surface area contributed by atoms with E-state index >= 15 is 0 Å².